The van der Waals surface area contributed by atoms with Crippen molar-refractivity contribution in [3.8, 4) is 11.6 Å². The van der Waals surface area contributed by atoms with Crippen LogP contribution in [-0.4, -0.2) is 4.98 Å². The molecule has 3 rings (SSSR count). The van der Waals surface area contributed by atoms with Gasteiger partial charge in [-0.15, -0.1) is 0 Å². The van der Waals surface area contributed by atoms with Gasteiger partial charge in [0.2, 0.25) is 5.88 Å². The Morgan fingerprint density at radius 1 is 1.00 bits per heavy atom. The van der Waals surface area contributed by atoms with Gasteiger partial charge in [-0.1, -0.05) is 11.6 Å². The van der Waals surface area contributed by atoms with Crippen molar-refractivity contribution in [3.63, 3.8) is 0 Å². The van der Waals surface area contributed by atoms with E-state index < -0.39 is 0 Å². The third-order valence-corrected chi connectivity index (χ3v) is 3.54. The highest BCUT2D eigenvalue weighted by Crippen LogP contribution is 2.31. The van der Waals surface area contributed by atoms with E-state index in [9.17, 15) is 0 Å². The summed E-state index contributed by atoms with van der Waals surface area (Å²) in [7, 11) is 0. The summed E-state index contributed by atoms with van der Waals surface area (Å²) in [5.74, 6) is 1.35. The van der Waals surface area contributed by atoms with Gasteiger partial charge in [0.1, 0.15) is 5.75 Å². The number of anilines is 1. The van der Waals surface area contributed by atoms with Crippen LogP contribution in [-0.2, 0) is 0 Å². The number of hydrogen-bond acceptors (Lipinski definition) is 3. The molecule has 0 atom stereocenters. The monoisotopic (exact) mass is 298 g/mol. The van der Waals surface area contributed by atoms with E-state index in [2.05, 4.69) is 4.98 Å². The molecule has 0 radical (unpaired) electrons. The Kier molecular flexibility index (Phi) is 3.43. The number of hydrogen-bond donors (Lipinski definition) is 1. The van der Waals surface area contributed by atoms with Crippen LogP contribution in [0.1, 0.15) is 11.1 Å². The largest absolute Gasteiger partial charge is 0.438 e. The molecule has 21 heavy (non-hydrogen) atoms. The molecule has 106 valence electrons. The van der Waals surface area contributed by atoms with Crippen molar-refractivity contribution in [2.24, 2.45) is 0 Å². The zero-order valence-corrected chi connectivity index (χ0v) is 12.6. The maximum Gasteiger partial charge on any atom is 0.219 e. The molecule has 3 nitrogen and oxygen atoms in total. The Morgan fingerprint density at radius 2 is 1.71 bits per heavy atom. The Labute approximate surface area is 128 Å². The molecule has 0 bridgehead atoms. The van der Waals surface area contributed by atoms with Crippen molar-refractivity contribution in [1.82, 2.24) is 4.98 Å². The van der Waals surface area contributed by atoms with Gasteiger partial charge in [0.05, 0.1) is 5.52 Å². The quantitative estimate of drug-likeness (QED) is 0.686. The van der Waals surface area contributed by atoms with Crippen LogP contribution in [0.2, 0.25) is 5.02 Å². The summed E-state index contributed by atoms with van der Waals surface area (Å²) >= 11 is 6.04. The first-order valence-corrected chi connectivity index (χ1v) is 7.01. The molecule has 2 aromatic carbocycles. The lowest BCUT2D eigenvalue weighted by Gasteiger charge is -2.12. The number of rotatable bonds is 2. The summed E-state index contributed by atoms with van der Waals surface area (Å²) in [6.07, 6.45) is 0. The van der Waals surface area contributed by atoms with Gasteiger partial charge in [0.25, 0.3) is 0 Å². The van der Waals surface area contributed by atoms with Crippen molar-refractivity contribution in [1.29, 1.82) is 0 Å². The number of fused-ring (bicyclic) bond motifs is 1. The zero-order chi connectivity index (χ0) is 15.0. The highest BCUT2D eigenvalue weighted by molar-refractivity contribution is 6.30. The van der Waals surface area contributed by atoms with Gasteiger partial charge in [0, 0.05) is 22.2 Å². The van der Waals surface area contributed by atoms with Crippen LogP contribution < -0.4 is 10.5 Å². The Bertz CT molecular complexity index is 807. The fourth-order valence-electron chi connectivity index (χ4n) is 2.35. The van der Waals surface area contributed by atoms with E-state index in [0.29, 0.717) is 10.9 Å². The molecule has 0 aliphatic heterocycles. The summed E-state index contributed by atoms with van der Waals surface area (Å²) in [5.41, 5.74) is 9.32. The molecule has 0 saturated carbocycles. The molecule has 3 aromatic rings. The normalized spacial score (nSPS) is 10.8. The van der Waals surface area contributed by atoms with Crippen LogP contribution in [0.3, 0.4) is 0 Å². The lowest BCUT2D eigenvalue weighted by molar-refractivity contribution is 0.458. The van der Waals surface area contributed by atoms with Crippen molar-refractivity contribution in [2.45, 2.75) is 13.8 Å². The van der Waals surface area contributed by atoms with Crippen molar-refractivity contribution in [3.05, 3.63) is 58.6 Å². The SMILES string of the molecule is Cc1cc(Cl)cc(C)c1Oc1ccc2cc(N)ccc2n1. The van der Waals surface area contributed by atoms with Crippen molar-refractivity contribution in [2.75, 3.05) is 5.73 Å². The predicted molar refractivity (Wildman–Crippen MR) is 87.2 cm³/mol. The number of halogens is 1. The molecule has 0 saturated heterocycles. The second kappa shape index (κ2) is 5.26. The third-order valence-electron chi connectivity index (χ3n) is 3.32. The summed E-state index contributed by atoms with van der Waals surface area (Å²) in [6, 6.07) is 13.2. The lowest BCUT2D eigenvalue weighted by Crippen LogP contribution is -1.94. The molecular weight excluding hydrogens is 284 g/mol. The number of nitrogens with zero attached hydrogens (tertiary/aromatic N) is 1. The van der Waals surface area contributed by atoms with E-state index in [1.54, 1.807) is 0 Å². The van der Waals surface area contributed by atoms with Gasteiger partial charge >= 0.3 is 0 Å². The number of benzene rings is 2. The molecule has 0 aliphatic carbocycles. The van der Waals surface area contributed by atoms with E-state index in [-0.39, 0.29) is 0 Å². The molecule has 0 amide bonds. The van der Waals surface area contributed by atoms with Crippen LogP contribution >= 0.6 is 11.6 Å². The number of ether oxygens (including phenoxy) is 1. The third kappa shape index (κ3) is 2.78. The molecule has 4 heteroatoms. The highest BCUT2D eigenvalue weighted by Gasteiger charge is 2.08. The minimum Gasteiger partial charge on any atom is -0.438 e. The van der Waals surface area contributed by atoms with Crippen molar-refractivity contribution < 1.29 is 4.74 Å². The number of aromatic nitrogens is 1. The fourth-order valence-corrected chi connectivity index (χ4v) is 2.67. The summed E-state index contributed by atoms with van der Waals surface area (Å²) < 4.78 is 5.93. The van der Waals surface area contributed by atoms with E-state index in [1.807, 2.05) is 56.3 Å². The lowest BCUT2D eigenvalue weighted by atomic mass is 10.1. The first-order valence-electron chi connectivity index (χ1n) is 6.64. The number of aryl methyl sites for hydroxylation is 2. The maximum atomic E-state index is 6.04. The van der Waals surface area contributed by atoms with E-state index >= 15 is 0 Å². The zero-order valence-electron chi connectivity index (χ0n) is 11.9. The number of nitrogen functional groups attached to an aromatic ring is 1. The summed E-state index contributed by atoms with van der Waals surface area (Å²) in [6.45, 7) is 3.94. The predicted octanol–water partition coefficient (Wildman–Crippen LogP) is 4.88. The van der Waals surface area contributed by atoms with E-state index in [4.69, 9.17) is 22.1 Å². The maximum absolute atomic E-state index is 6.04. The van der Waals surface area contributed by atoms with Gasteiger partial charge in [0.15, 0.2) is 0 Å². The summed E-state index contributed by atoms with van der Waals surface area (Å²) in [4.78, 5) is 4.51. The van der Waals surface area contributed by atoms with Gasteiger partial charge < -0.3 is 10.5 Å². The topological polar surface area (TPSA) is 48.1 Å². The van der Waals surface area contributed by atoms with Crippen LogP contribution in [0.5, 0.6) is 11.6 Å². The molecule has 2 N–H and O–H groups in total. The molecule has 1 heterocycles. The van der Waals surface area contributed by atoms with E-state index in [1.165, 1.54) is 0 Å². The van der Waals surface area contributed by atoms with Crippen molar-refractivity contribution >= 4 is 28.2 Å². The molecule has 0 fully saturated rings. The molecule has 0 spiro atoms. The molecule has 1 aromatic heterocycles. The van der Waals surface area contributed by atoms with Gasteiger partial charge in [-0.3, -0.25) is 0 Å². The Morgan fingerprint density at radius 3 is 2.43 bits per heavy atom. The first kappa shape index (κ1) is 13.7. The fraction of sp³-hybridized carbons (Fsp3) is 0.118. The van der Waals surface area contributed by atoms with Gasteiger partial charge in [-0.2, -0.15) is 0 Å². The smallest absolute Gasteiger partial charge is 0.219 e. The Hall–Kier alpha value is -2.26. The standard InChI is InChI=1S/C17H15ClN2O/c1-10-7-13(18)8-11(2)17(10)21-16-6-3-12-9-14(19)4-5-15(12)20-16/h3-9H,19H2,1-2H3. The van der Waals surface area contributed by atoms with Crippen LogP contribution in [0.4, 0.5) is 5.69 Å². The number of nitrogens with two attached hydrogens (primary N) is 1. The minimum atomic E-state index is 0.556. The second-order valence-corrected chi connectivity index (χ2v) is 5.51. The molecule has 0 aliphatic rings. The van der Waals surface area contributed by atoms with E-state index in [0.717, 1.165) is 33.5 Å². The number of pyridine rings is 1. The minimum absolute atomic E-state index is 0.556. The molecular formula is C17H15ClN2O. The van der Waals surface area contributed by atoms with Gasteiger partial charge in [-0.25, -0.2) is 4.98 Å². The molecule has 0 unspecified atom stereocenters. The van der Waals surface area contributed by atoms with Crippen LogP contribution in [0, 0.1) is 13.8 Å². The second-order valence-electron chi connectivity index (χ2n) is 5.07. The summed E-state index contributed by atoms with van der Waals surface area (Å²) in [5, 5.41) is 1.70. The average molecular weight is 299 g/mol. The van der Waals surface area contributed by atoms with Crippen LogP contribution in [0.25, 0.3) is 10.9 Å². The van der Waals surface area contributed by atoms with Gasteiger partial charge in [-0.05, 0) is 61.4 Å². The highest BCUT2D eigenvalue weighted by atomic mass is 35.5. The first-order chi connectivity index (χ1) is 10.0. The average Bonchev–Trinajstić information content (AvgIpc) is 2.43. The Balaban J connectivity index is 2.00. The van der Waals surface area contributed by atoms with Crippen LogP contribution in [0.15, 0.2) is 42.5 Å².